The third-order valence-electron chi connectivity index (χ3n) is 4.30. The fourth-order valence-corrected chi connectivity index (χ4v) is 2.97. The first kappa shape index (κ1) is 16.8. The highest BCUT2D eigenvalue weighted by molar-refractivity contribution is 5.80. The van der Waals surface area contributed by atoms with Crippen LogP contribution in [-0.2, 0) is 11.2 Å². The molecule has 1 aliphatic rings. The first-order valence-electron chi connectivity index (χ1n) is 8.72. The van der Waals surface area contributed by atoms with Crippen LogP contribution in [0.2, 0.25) is 0 Å². The van der Waals surface area contributed by atoms with Crippen molar-refractivity contribution in [2.75, 3.05) is 45.9 Å². The number of benzene rings is 1. The van der Waals surface area contributed by atoms with E-state index >= 15 is 0 Å². The Morgan fingerprint density at radius 2 is 2.12 bits per heavy atom. The number of ether oxygens (including phenoxy) is 1. The molecule has 2 aromatic rings. The van der Waals surface area contributed by atoms with Crippen LogP contribution in [0.25, 0.3) is 10.9 Å². The van der Waals surface area contributed by atoms with Gasteiger partial charge in [0.05, 0.1) is 13.2 Å². The number of nitrogens with zero attached hydrogens (tertiary/aromatic N) is 2. The van der Waals surface area contributed by atoms with E-state index in [4.69, 9.17) is 10.5 Å². The molecule has 0 spiro atoms. The Morgan fingerprint density at radius 3 is 2.96 bits per heavy atom. The van der Waals surface area contributed by atoms with Crippen molar-refractivity contribution in [1.82, 2.24) is 15.2 Å². The van der Waals surface area contributed by atoms with Crippen molar-refractivity contribution in [3.8, 4) is 0 Å². The lowest BCUT2D eigenvalue weighted by atomic mass is 10.2. The zero-order chi connectivity index (χ0) is 16.6. The second-order valence-electron chi connectivity index (χ2n) is 6.13. The Balaban J connectivity index is 1.33. The Kier molecular flexibility index (Phi) is 6.09. The number of guanidine groups is 1. The van der Waals surface area contributed by atoms with Gasteiger partial charge >= 0.3 is 0 Å². The van der Waals surface area contributed by atoms with Gasteiger partial charge in [0.15, 0.2) is 5.96 Å². The van der Waals surface area contributed by atoms with Crippen LogP contribution in [0.4, 0.5) is 0 Å². The molecule has 0 radical (unpaired) electrons. The number of hydrogen-bond acceptors (Lipinski definition) is 3. The molecule has 1 aliphatic heterocycles. The molecule has 0 amide bonds. The van der Waals surface area contributed by atoms with Crippen molar-refractivity contribution in [2.45, 2.75) is 12.8 Å². The van der Waals surface area contributed by atoms with E-state index in [2.05, 4.69) is 44.5 Å². The summed E-state index contributed by atoms with van der Waals surface area (Å²) in [6, 6.07) is 10.5. The van der Waals surface area contributed by atoms with Crippen molar-refractivity contribution in [2.24, 2.45) is 10.7 Å². The predicted molar refractivity (Wildman–Crippen MR) is 98.4 cm³/mol. The number of nitrogens with one attached hydrogen (secondary N) is 2. The molecular formula is C18H27N5O. The number of rotatable bonds is 7. The lowest BCUT2D eigenvalue weighted by Crippen LogP contribution is -2.37. The fourth-order valence-electron chi connectivity index (χ4n) is 2.97. The smallest absolute Gasteiger partial charge is 0.188 e. The topological polar surface area (TPSA) is 78.7 Å². The maximum atomic E-state index is 5.93. The molecule has 3 rings (SSSR count). The summed E-state index contributed by atoms with van der Waals surface area (Å²) in [6.45, 7) is 6.37. The van der Waals surface area contributed by atoms with Crippen LogP contribution < -0.4 is 11.1 Å². The van der Waals surface area contributed by atoms with Gasteiger partial charge in [0.25, 0.3) is 0 Å². The summed E-state index contributed by atoms with van der Waals surface area (Å²) in [5, 5.41) is 4.44. The number of morpholine rings is 1. The molecule has 1 fully saturated rings. The van der Waals surface area contributed by atoms with Gasteiger partial charge in [-0.25, -0.2) is 0 Å². The number of aromatic amines is 1. The molecule has 1 aromatic heterocycles. The maximum absolute atomic E-state index is 5.93. The minimum Gasteiger partial charge on any atom is -0.379 e. The molecule has 0 saturated carbocycles. The zero-order valence-electron chi connectivity index (χ0n) is 14.1. The lowest BCUT2D eigenvalue weighted by Gasteiger charge is -2.26. The van der Waals surface area contributed by atoms with Crippen molar-refractivity contribution < 1.29 is 4.74 Å². The van der Waals surface area contributed by atoms with E-state index in [1.54, 1.807) is 0 Å². The third kappa shape index (κ3) is 4.97. The van der Waals surface area contributed by atoms with Gasteiger partial charge in [-0.1, -0.05) is 18.2 Å². The first-order valence-corrected chi connectivity index (χ1v) is 8.72. The van der Waals surface area contributed by atoms with Gasteiger partial charge in [0.1, 0.15) is 0 Å². The minimum absolute atomic E-state index is 0.535. The number of para-hydroxylation sites is 1. The van der Waals surface area contributed by atoms with E-state index in [0.29, 0.717) is 5.96 Å². The maximum Gasteiger partial charge on any atom is 0.188 e. The summed E-state index contributed by atoms with van der Waals surface area (Å²) < 4.78 is 5.34. The summed E-state index contributed by atoms with van der Waals surface area (Å²) in [4.78, 5) is 10.2. The van der Waals surface area contributed by atoms with Gasteiger partial charge in [-0.3, -0.25) is 9.89 Å². The van der Waals surface area contributed by atoms with E-state index in [9.17, 15) is 0 Å². The number of nitrogens with two attached hydrogens (primary N) is 1. The Hall–Kier alpha value is -2.05. The Morgan fingerprint density at radius 1 is 1.29 bits per heavy atom. The highest BCUT2D eigenvalue weighted by Gasteiger charge is 2.08. The third-order valence-corrected chi connectivity index (χ3v) is 4.30. The number of aromatic nitrogens is 1. The fraction of sp³-hybridized carbons (Fsp3) is 0.500. The Labute approximate surface area is 143 Å². The van der Waals surface area contributed by atoms with Crippen LogP contribution >= 0.6 is 0 Å². The summed E-state index contributed by atoms with van der Waals surface area (Å²) >= 11 is 0. The molecule has 6 heteroatoms. The predicted octanol–water partition coefficient (Wildman–Crippen LogP) is 1.34. The van der Waals surface area contributed by atoms with Crippen molar-refractivity contribution in [1.29, 1.82) is 0 Å². The summed E-state index contributed by atoms with van der Waals surface area (Å²) in [7, 11) is 0. The summed E-state index contributed by atoms with van der Waals surface area (Å²) in [6.07, 6.45) is 1.93. The number of aliphatic imine (C=N–C) groups is 1. The molecular weight excluding hydrogens is 302 g/mol. The van der Waals surface area contributed by atoms with E-state index in [1.807, 2.05) is 6.07 Å². The van der Waals surface area contributed by atoms with Crippen LogP contribution in [-0.4, -0.2) is 61.8 Å². The molecule has 130 valence electrons. The highest BCUT2D eigenvalue weighted by Crippen LogP contribution is 2.14. The van der Waals surface area contributed by atoms with E-state index < -0.39 is 0 Å². The van der Waals surface area contributed by atoms with E-state index in [1.165, 1.54) is 16.6 Å². The second kappa shape index (κ2) is 8.70. The summed E-state index contributed by atoms with van der Waals surface area (Å²) in [5.41, 5.74) is 8.32. The molecule has 1 aromatic carbocycles. The largest absolute Gasteiger partial charge is 0.379 e. The average Bonchev–Trinajstić information content (AvgIpc) is 3.02. The minimum atomic E-state index is 0.535. The van der Waals surface area contributed by atoms with Crippen molar-refractivity contribution in [3.63, 3.8) is 0 Å². The standard InChI is InChI=1S/C18H27N5O/c19-18(20-7-3-9-23-10-12-24-13-11-23)21-8-6-16-14-15-4-1-2-5-17(15)22-16/h1-2,4-5,14,22H,3,6-13H2,(H3,19,20,21). The van der Waals surface area contributed by atoms with Crippen molar-refractivity contribution in [3.05, 3.63) is 36.0 Å². The number of fused-ring (bicyclic) bond motifs is 1. The van der Waals surface area contributed by atoms with Crippen LogP contribution in [0.15, 0.2) is 35.3 Å². The molecule has 2 heterocycles. The van der Waals surface area contributed by atoms with Gasteiger partial charge in [-0.15, -0.1) is 0 Å². The van der Waals surface area contributed by atoms with Gasteiger partial charge in [0.2, 0.25) is 0 Å². The van der Waals surface area contributed by atoms with Crippen molar-refractivity contribution >= 4 is 16.9 Å². The first-order chi connectivity index (χ1) is 11.8. The molecule has 6 nitrogen and oxygen atoms in total. The van der Waals surface area contributed by atoms with Crippen LogP contribution in [0.3, 0.4) is 0 Å². The van der Waals surface area contributed by atoms with Crippen LogP contribution in [0.5, 0.6) is 0 Å². The van der Waals surface area contributed by atoms with E-state index in [0.717, 1.165) is 58.8 Å². The number of H-pyrrole nitrogens is 1. The summed E-state index contributed by atoms with van der Waals surface area (Å²) in [5.74, 6) is 0.535. The molecule has 0 aliphatic carbocycles. The van der Waals surface area contributed by atoms with E-state index in [-0.39, 0.29) is 0 Å². The lowest BCUT2D eigenvalue weighted by molar-refractivity contribution is 0.0377. The Bertz CT molecular complexity index is 627. The van der Waals surface area contributed by atoms with Gasteiger partial charge in [0, 0.05) is 50.4 Å². The average molecular weight is 329 g/mol. The van der Waals surface area contributed by atoms with Gasteiger partial charge < -0.3 is 20.8 Å². The van der Waals surface area contributed by atoms with Gasteiger partial charge in [-0.05, 0) is 23.9 Å². The van der Waals surface area contributed by atoms with Crippen LogP contribution in [0.1, 0.15) is 12.1 Å². The van der Waals surface area contributed by atoms with Gasteiger partial charge in [-0.2, -0.15) is 0 Å². The quantitative estimate of drug-likeness (QED) is 0.407. The molecule has 4 N–H and O–H groups in total. The normalized spacial score (nSPS) is 16.6. The molecule has 0 atom stereocenters. The molecule has 0 unspecified atom stereocenters. The monoisotopic (exact) mass is 329 g/mol. The SMILES string of the molecule is NC(=NCCCN1CCOCC1)NCCc1cc2ccccc2[nH]1. The zero-order valence-corrected chi connectivity index (χ0v) is 14.1. The second-order valence-corrected chi connectivity index (χ2v) is 6.13. The molecule has 0 bridgehead atoms. The van der Waals surface area contributed by atoms with Crippen LogP contribution in [0, 0.1) is 0 Å². The number of hydrogen-bond donors (Lipinski definition) is 3. The molecule has 24 heavy (non-hydrogen) atoms. The highest BCUT2D eigenvalue weighted by atomic mass is 16.5. The molecule has 1 saturated heterocycles.